The molecule has 3 heterocycles. The monoisotopic (exact) mass is 517 g/mol. The SMILES string of the molecule is NC(=O)C1CCN(C(=O)OC[C@H]2CC[C@@H]3[C@H](O2)c2cc(C(F)(F)F)ccc2N[C@H]3c2ccccc2)CC1. The number of likely N-dealkylation sites (tertiary alicyclic amines) is 1. The molecule has 0 aliphatic carbocycles. The van der Waals surface area contributed by atoms with Crippen molar-refractivity contribution in [2.75, 3.05) is 25.0 Å². The van der Waals surface area contributed by atoms with Crippen LogP contribution < -0.4 is 11.1 Å². The summed E-state index contributed by atoms with van der Waals surface area (Å²) >= 11 is 0. The molecule has 198 valence electrons. The average Bonchev–Trinajstić information content (AvgIpc) is 2.91. The number of piperidine rings is 1. The lowest BCUT2D eigenvalue weighted by molar-refractivity contribution is -0.138. The molecule has 0 saturated carbocycles. The van der Waals surface area contributed by atoms with Gasteiger partial charge in [-0.25, -0.2) is 4.79 Å². The Kier molecular flexibility index (Phi) is 7.02. The van der Waals surface area contributed by atoms with Gasteiger partial charge in [-0.2, -0.15) is 13.2 Å². The number of fused-ring (bicyclic) bond motifs is 3. The lowest BCUT2D eigenvalue weighted by Gasteiger charge is -2.45. The van der Waals surface area contributed by atoms with E-state index in [1.165, 1.54) is 12.1 Å². The Morgan fingerprint density at radius 2 is 1.78 bits per heavy atom. The quantitative estimate of drug-likeness (QED) is 0.593. The Morgan fingerprint density at radius 3 is 2.46 bits per heavy atom. The van der Waals surface area contributed by atoms with Crippen molar-refractivity contribution in [1.82, 2.24) is 4.90 Å². The standard InChI is InChI=1S/C27H30F3N3O4/c28-27(29,30)18-6-9-22-21(14-18)24-20(23(32-22)16-4-2-1-3-5-16)8-7-19(37-24)15-36-26(35)33-12-10-17(11-13-33)25(31)34/h1-6,9,14,17,19-20,23-24,32H,7-8,10-13,15H2,(H2,31,34)/t19-,20+,23+,24+/m1/s1. The lowest BCUT2D eigenvalue weighted by atomic mass is 9.76. The maximum atomic E-state index is 13.5. The summed E-state index contributed by atoms with van der Waals surface area (Å²) in [6.07, 6.45) is -3.66. The second kappa shape index (κ2) is 10.2. The molecule has 0 unspecified atom stereocenters. The van der Waals surface area contributed by atoms with E-state index < -0.39 is 30.0 Å². The minimum atomic E-state index is -4.47. The Labute approximate surface area is 213 Å². The zero-order valence-corrected chi connectivity index (χ0v) is 20.2. The number of halogens is 3. The number of hydrogen-bond donors (Lipinski definition) is 2. The summed E-state index contributed by atoms with van der Waals surface area (Å²) in [6, 6.07) is 13.4. The molecular formula is C27H30F3N3O4. The number of rotatable bonds is 4. The van der Waals surface area contributed by atoms with Gasteiger partial charge in [0.2, 0.25) is 5.91 Å². The number of alkyl halides is 3. The molecule has 3 aliphatic rings. The number of amides is 2. The fourth-order valence-corrected chi connectivity index (χ4v) is 5.65. The van der Waals surface area contributed by atoms with Crippen molar-refractivity contribution in [3.05, 3.63) is 65.2 Å². The molecular weight excluding hydrogens is 487 g/mol. The second-order valence-corrected chi connectivity index (χ2v) is 9.99. The molecule has 2 fully saturated rings. The van der Waals surface area contributed by atoms with Gasteiger partial charge >= 0.3 is 12.3 Å². The van der Waals surface area contributed by atoms with Crippen molar-refractivity contribution in [1.29, 1.82) is 0 Å². The van der Waals surface area contributed by atoms with Crippen LogP contribution >= 0.6 is 0 Å². The fraction of sp³-hybridized carbons (Fsp3) is 0.481. The zero-order chi connectivity index (χ0) is 26.2. The molecule has 2 aromatic carbocycles. The number of benzene rings is 2. The third-order valence-electron chi connectivity index (χ3n) is 7.68. The number of nitrogens with zero attached hydrogens (tertiary/aromatic N) is 1. The number of primary amides is 1. The van der Waals surface area contributed by atoms with Crippen LogP contribution in [0, 0.1) is 11.8 Å². The first-order valence-electron chi connectivity index (χ1n) is 12.6. The largest absolute Gasteiger partial charge is 0.447 e. The third kappa shape index (κ3) is 5.39. The molecule has 7 nitrogen and oxygen atoms in total. The summed E-state index contributed by atoms with van der Waals surface area (Å²) in [7, 11) is 0. The van der Waals surface area contributed by atoms with Gasteiger partial charge in [0, 0.05) is 36.2 Å². The predicted molar refractivity (Wildman–Crippen MR) is 129 cm³/mol. The van der Waals surface area contributed by atoms with Crippen molar-refractivity contribution >= 4 is 17.7 Å². The highest BCUT2D eigenvalue weighted by molar-refractivity contribution is 5.77. The zero-order valence-electron chi connectivity index (χ0n) is 20.2. The van der Waals surface area contributed by atoms with Crippen molar-refractivity contribution in [2.45, 2.75) is 50.1 Å². The van der Waals surface area contributed by atoms with E-state index in [0.717, 1.165) is 11.6 Å². The van der Waals surface area contributed by atoms with Gasteiger partial charge in [-0.15, -0.1) is 0 Å². The van der Waals surface area contributed by atoms with Crippen LogP contribution in [0.5, 0.6) is 0 Å². The van der Waals surface area contributed by atoms with Gasteiger partial charge in [0.25, 0.3) is 0 Å². The first-order valence-corrected chi connectivity index (χ1v) is 12.6. The van der Waals surface area contributed by atoms with Crippen LogP contribution in [-0.4, -0.2) is 42.7 Å². The van der Waals surface area contributed by atoms with E-state index in [4.69, 9.17) is 15.2 Å². The highest BCUT2D eigenvalue weighted by Crippen LogP contribution is 2.51. The maximum absolute atomic E-state index is 13.5. The molecule has 2 aromatic rings. The number of ether oxygens (including phenoxy) is 2. The van der Waals surface area contributed by atoms with Crippen LogP contribution in [0.3, 0.4) is 0 Å². The van der Waals surface area contributed by atoms with Crippen LogP contribution in [0.4, 0.5) is 23.7 Å². The van der Waals surface area contributed by atoms with Gasteiger partial charge in [0.05, 0.1) is 23.8 Å². The summed E-state index contributed by atoms with van der Waals surface area (Å²) in [5.41, 5.74) is 6.75. The van der Waals surface area contributed by atoms with Crippen LogP contribution in [0.15, 0.2) is 48.5 Å². The number of carbonyl (C=O) groups is 2. The van der Waals surface area contributed by atoms with Gasteiger partial charge < -0.3 is 25.4 Å². The molecule has 3 aliphatic heterocycles. The van der Waals surface area contributed by atoms with E-state index in [1.807, 2.05) is 30.3 Å². The number of nitrogens with one attached hydrogen (secondary N) is 1. The Bertz CT molecular complexity index is 1140. The predicted octanol–water partition coefficient (Wildman–Crippen LogP) is 5.04. The summed E-state index contributed by atoms with van der Waals surface area (Å²) in [4.78, 5) is 25.5. The molecule has 5 rings (SSSR count). The number of carbonyl (C=O) groups excluding carboxylic acids is 2. The summed E-state index contributed by atoms with van der Waals surface area (Å²) in [5, 5.41) is 3.44. The second-order valence-electron chi connectivity index (χ2n) is 9.99. The van der Waals surface area contributed by atoms with Crippen LogP contribution in [-0.2, 0) is 20.4 Å². The molecule has 37 heavy (non-hydrogen) atoms. The molecule has 0 radical (unpaired) electrons. The summed E-state index contributed by atoms with van der Waals surface area (Å²) in [5.74, 6) is -0.678. The molecule has 0 aromatic heterocycles. The van der Waals surface area contributed by atoms with Crippen molar-refractivity contribution in [3.63, 3.8) is 0 Å². The smallest absolute Gasteiger partial charge is 0.416 e. The van der Waals surface area contributed by atoms with Crippen LogP contribution in [0.25, 0.3) is 0 Å². The molecule has 0 spiro atoms. The Balaban J connectivity index is 1.31. The molecule has 10 heteroatoms. The summed E-state index contributed by atoms with van der Waals surface area (Å²) < 4.78 is 52.4. The van der Waals surface area contributed by atoms with Gasteiger partial charge in [-0.1, -0.05) is 30.3 Å². The van der Waals surface area contributed by atoms with E-state index in [0.29, 0.717) is 50.0 Å². The molecule has 0 bridgehead atoms. The van der Waals surface area contributed by atoms with E-state index in [9.17, 15) is 22.8 Å². The van der Waals surface area contributed by atoms with E-state index in [1.54, 1.807) is 4.90 Å². The number of hydrogen-bond acceptors (Lipinski definition) is 5. The van der Waals surface area contributed by atoms with Crippen molar-refractivity contribution in [3.8, 4) is 0 Å². The van der Waals surface area contributed by atoms with Gasteiger partial charge in [-0.3, -0.25) is 4.79 Å². The van der Waals surface area contributed by atoms with Crippen LogP contribution in [0.2, 0.25) is 0 Å². The Hall–Kier alpha value is -3.27. The average molecular weight is 518 g/mol. The molecule has 4 atom stereocenters. The fourth-order valence-electron chi connectivity index (χ4n) is 5.65. The first kappa shape index (κ1) is 25.4. The molecule has 3 N–H and O–H groups in total. The molecule has 2 saturated heterocycles. The normalized spacial score (nSPS) is 26.0. The highest BCUT2D eigenvalue weighted by Gasteiger charge is 2.44. The Morgan fingerprint density at radius 1 is 1.05 bits per heavy atom. The van der Waals surface area contributed by atoms with Crippen molar-refractivity contribution in [2.24, 2.45) is 17.6 Å². The number of nitrogens with two attached hydrogens (primary N) is 1. The van der Waals surface area contributed by atoms with E-state index >= 15 is 0 Å². The molecule has 2 amide bonds. The topological polar surface area (TPSA) is 93.9 Å². The van der Waals surface area contributed by atoms with Crippen LogP contribution in [0.1, 0.15) is 54.5 Å². The maximum Gasteiger partial charge on any atom is 0.416 e. The minimum absolute atomic E-state index is 0.00945. The van der Waals surface area contributed by atoms with E-state index in [-0.39, 0.29) is 30.4 Å². The third-order valence-corrected chi connectivity index (χ3v) is 7.68. The van der Waals surface area contributed by atoms with E-state index in [2.05, 4.69) is 5.32 Å². The number of anilines is 1. The van der Waals surface area contributed by atoms with Gasteiger partial charge in [-0.05, 0) is 49.4 Å². The minimum Gasteiger partial charge on any atom is -0.447 e. The lowest BCUT2D eigenvalue weighted by Crippen LogP contribution is -2.44. The van der Waals surface area contributed by atoms with Crippen molar-refractivity contribution < 1.29 is 32.2 Å². The first-order chi connectivity index (χ1) is 17.7. The highest BCUT2D eigenvalue weighted by atomic mass is 19.4. The summed E-state index contributed by atoms with van der Waals surface area (Å²) in [6.45, 7) is 0.789. The van der Waals surface area contributed by atoms with Gasteiger partial charge in [0.1, 0.15) is 6.61 Å². The van der Waals surface area contributed by atoms with Gasteiger partial charge in [0.15, 0.2) is 0 Å².